The fourth-order valence-corrected chi connectivity index (χ4v) is 3.29. The normalized spacial score (nSPS) is 14.4. The van der Waals surface area contributed by atoms with Crippen molar-refractivity contribution in [3.8, 4) is 17.6 Å². The SMILES string of the molecule is CCc1c(OC[C@](C)(C#N)NC(=O)c2ccc(OCF)cc2)ccc2c1B(O)OC2. The standard InChI is InChI=1S/C21H22BFN2O5/c1-3-17-18(9-6-15-10-30-22(27)19(15)17)28-12-21(2,11-24)25-20(26)14-4-7-16(8-5-14)29-13-23/h4-9,27H,3,10,12-13H2,1-2H3,(H,25,26)/t21-/m0/s1. The number of hydrogen-bond donors (Lipinski definition) is 2. The maximum absolute atomic E-state index is 12.5. The molecule has 0 aliphatic carbocycles. The van der Waals surface area contributed by atoms with Crippen molar-refractivity contribution in [2.75, 3.05) is 13.5 Å². The first-order valence-corrected chi connectivity index (χ1v) is 9.50. The van der Waals surface area contributed by atoms with Crippen LogP contribution in [0.25, 0.3) is 0 Å². The van der Waals surface area contributed by atoms with Crippen LogP contribution < -0.4 is 20.3 Å². The molecule has 1 atom stereocenters. The lowest BCUT2D eigenvalue weighted by Crippen LogP contribution is -2.49. The van der Waals surface area contributed by atoms with Crippen molar-refractivity contribution in [3.63, 3.8) is 0 Å². The summed E-state index contributed by atoms with van der Waals surface area (Å²) in [6.45, 7) is 2.78. The van der Waals surface area contributed by atoms with E-state index in [1.807, 2.05) is 13.0 Å². The van der Waals surface area contributed by atoms with Crippen LogP contribution in [0.5, 0.6) is 11.5 Å². The van der Waals surface area contributed by atoms with Gasteiger partial charge in [-0.3, -0.25) is 4.79 Å². The maximum Gasteiger partial charge on any atom is 0.492 e. The van der Waals surface area contributed by atoms with Gasteiger partial charge in [-0.25, -0.2) is 4.39 Å². The van der Waals surface area contributed by atoms with Crippen LogP contribution in [0.1, 0.15) is 35.3 Å². The monoisotopic (exact) mass is 412 g/mol. The Hall–Kier alpha value is -3.09. The number of nitriles is 1. The Morgan fingerprint density at radius 3 is 2.70 bits per heavy atom. The quantitative estimate of drug-likeness (QED) is 0.642. The number of halogens is 1. The van der Waals surface area contributed by atoms with E-state index in [1.54, 1.807) is 13.0 Å². The molecule has 3 rings (SSSR count). The predicted molar refractivity (Wildman–Crippen MR) is 108 cm³/mol. The molecule has 0 radical (unpaired) electrons. The molecule has 0 saturated carbocycles. The minimum absolute atomic E-state index is 0.0962. The average molecular weight is 412 g/mol. The number of amides is 1. The highest BCUT2D eigenvalue weighted by Gasteiger charge is 2.33. The van der Waals surface area contributed by atoms with Gasteiger partial charge in [0.05, 0.1) is 12.7 Å². The van der Waals surface area contributed by atoms with E-state index in [-0.39, 0.29) is 6.61 Å². The van der Waals surface area contributed by atoms with E-state index in [4.69, 9.17) is 14.1 Å². The Morgan fingerprint density at radius 1 is 1.33 bits per heavy atom. The molecule has 2 N–H and O–H groups in total. The van der Waals surface area contributed by atoms with Gasteiger partial charge in [0.1, 0.15) is 18.1 Å². The van der Waals surface area contributed by atoms with Crippen LogP contribution in [0, 0.1) is 11.3 Å². The number of hydrogen-bond acceptors (Lipinski definition) is 6. The largest absolute Gasteiger partial charge is 0.492 e. The summed E-state index contributed by atoms with van der Waals surface area (Å²) in [5, 5.41) is 22.4. The molecule has 0 aromatic heterocycles. The van der Waals surface area contributed by atoms with E-state index in [0.717, 1.165) is 11.1 Å². The van der Waals surface area contributed by atoms with E-state index in [1.165, 1.54) is 24.3 Å². The Labute approximate surface area is 174 Å². The summed E-state index contributed by atoms with van der Waals surface area (Å²) in [6, 6.07) is 11.6. The van der Waals surface area contributed by atoms with Crippen molar-refractivity contribution in [1.29, 1.82) is 5.26 Å². The van der Waals surface area contributed by atoms with E-state index in [9.17, 15) is 19.5 Å². The summed E-state index contributed by atoms with van der Waals surface area (Å²) in [7, 11) is -0.995. The third-order valence-corrected chi connectivity index (χ3v) is 4.89. The number of rotatable bonds is 8. The first kappa shape index (κ1) is 21.6. The minimum atomic E-state index is -1.30. The van der Waals surface area contributed by atoms with E-state index >= 15 is 0 Å². The number of alkyl halides is 1. The molecule has 1 aliphatic rings. The van der Waals surface area contributed by atoms with E-state index < -0.39 is 25.4 Å². The number of nitrogens with zero attached hydrogens (tertiary/aromatic N) is 1. The Morgan fingerprint density at radius 2 is 2.07 bits per heavy atom. The number of carbonyl (C=O) groups is 1. The highest BCUT2D eigenvalue weighted by atomic mass is 19.1. The van der Waals surface area contributed by atoms with Crippen molar-refractivity contribution >= 4 is 18.5 Å². The highest BCUT2D eigenvalue weighted by Crippen LogP contribution is 2.24. The van der Waals surface area contributed by atoms with Crippen molar-refractivity contribution < 1.29 is 28.3 Å². The van der Waals surface area contributed by atoms with Gasteiger partial charge < -0.3 is 24.5 Å². The third kappa shape index (κ3) is 4.56. The summed E-state index contributed by atoms with van der Waals surface area (Å²) in [4.78, 5) is 12.5. The second-order valence-electron chi connectivity index (χ2n) is 7.10. The average Bonchev–Trinajstić information content (AvgIpc) is 3.13. The molecule has 0 fully saturated rings. The van der Waals surface area contributed by atoms with Gasteiger partial charge in [-0.05, 0) is 60.3 Å². The van der Waals surface area contributed by atoms with Crippen LogP contribution in [0.3, 0.4) is 0 Å². The number of fused-ring (bicyclic) bond motifs is 1. The third-order valence-electron chi connectivity index (χ3n) is 4.89. The lowest BCUT2D eigenvalue weighted by atomic mass is 9.75. The minimum Gasteiger partial charge on any atom is -0.490 e. The van der Waals surface area contributed by atoms with Gasteiger partial charge in [0.15, 0.2) is 5.54 Å². The van der Waals surface area contributed by atoms with Gasteiger partial charge in [0, 0.05) is 5.56 Å². The molecule has 0 spiro atoms. The van der Waals surface area contributed by atoms with Crippen LogP contribution in [-0.2, 0) is 17.7 Å². The number of nitrogens with one attached hydrogen (secondary N) is 1. The Bertz CT molecular complexity index is 963. The molecule has 1 amide bonds. The highest BCUT2D eigenvalue weighted by molar-refractivity contribution is 6.62. The van der Waals surface area contributed by atoms with Crippen LogP contribution in [-0.4, -0.2) is 37.1 Å². The lowest BCUT2D eigenvalue weighted by molar-refractivity contribution is 0.0901. The van der Waals surface area contributed by atoms with Crippen molar-refractivity contribution in [3.05, 3.63) is 53.1 Å². The molecule has 2 aromatic rings. The van der Waals surface area contributed by atoms with Crippen molar-refractivity contribution in [2.45, 2.75) is 32.4 Å². The molecule has 156 valence electrons. The molecule has 0 unspecified atom stereocenters. The van der Waals surface area contributed by atoms with Crippen LogP contribution in [0.2, 0.25) is 0 Å². The van der Waals surface area contributed by atoms with Gasteiger partial charge in [-0.2, -0.15) is 5.26 Å². The molecule has 1 aliphatic heterocycles. The first-order valence-electron chi connectivity index (χ1n) is 9.50. The molecule has 30 heavy (non-hydrogen) atoms. The number of ether oxygens (including phenoxy) is 2. The Balaban J connectivity index is 1.71. The smallest absolute Gasteiger partial charge is 0.490 e. The zero-order valence-electron chi connectivity index (χ0n) is 16.8. The van der Waals surface area contributed by atoms with Gasteiger partial charge in [-0.15, -0.1) is 0 Å². The second kappa shape index (κ2) is 9.16. The number of benzene rings is 2. The summed E-state index contributed by atoms with van der Waals surface area (Å²) in [6.07, 6.45) is 0.613. The Kier molecular flexibility index (Phi) is 6.60. The molecule has 1 heterocycles. The lowest BCUT2D eigenvalue weighted by Gasteiger charge is -2.25. The van der Waals surface area contributed by atoms with Gasteiger partial charge in [0.2, 0.25) is 6.86 Å². The molecule has 9 heteroatoms. The van der Waals surface area contributed by atoms with Crippen LogP contribution in [0.15, 0.2) is 36.4 Å². The summed E-state index contributed by atoms with van der Waals surface area (Å²) < 4.78 is 28.1. The summed E-state index contributed by atoms with van der Waals surface area (Å²) in [5.74, 6) is 0.363. The van der Waals surface area contributed by atoms with Gasteiger partial charge >= 0.3 is 7.12 Å². The van der Waals surface area contributed by atoms with Crippen molar-refractivity contribution in [2.24, 2.45) is 0 Å². The molecular formula is C21H22BFN2O5. The second-order valence-corrected chi connectivity index (χ2v) is 7.10. The summed E-state index contributed by atoms with van der Waals surface area (Å²) >= 11 is 0. The molecule has 7 nitrogen and oxygen atoms in total. The van der Waals surface area contributed by atoms with E-state index in [2.05, 4.69) is 11.4 Å². The van der Waals surface area contributed by atoms with Gasteiger partial charge in [0.25, 0.3) is 5.91 Å². The molecule has 0 saturated heterocycles. The number of carbonyl (C=O) groups excluding carboxylic acids is 1. The van der Waals surface area contributed by atoms with E-state index in [0.29, 0.717) is 35.6 Å². The molecule has 0 bridgehead atoms. The predicted octanol–water partition coefficient (Wildman–Crippen LogP) is 1.86. The fraction of sp³-hybridized carbons (Fsp3) is 0.333. The van der Waals surface area contributed by atoms with Crippen LogP contribution in [0.4, 0.5) is 4.39 Å². The zero-order valence-corrected chi connectivity index (χ0v) is 16.8. The van der Waals surface area contributed by atoms with Gasteiger partial charge in [-0.1, -0.05) is 13.0 Å². The molecule has 2 aromatic carbocycles. The zero-order chi connectivity index (χ0) is 21.7. The maximum atomic E-state index is 12.5. The fourth-order valence-electron chi connectivity index (χ4n) is 3.29. The first-order chi connectivity index (χ1) is 14.4. The topological polar surface area (TPSA) is 101 Å². The summed E-state index contributed by atoms with van der Waals surface area (Å²) in [5.41, 5.74) is 1.42. The van der Waals surface area contributed by atoms with Crippen LogP contribution >= 0.6 is 0 Å². The van der Waals surface area contributed by atoms with Crippen molar-refractivity contribution in [1.82, 2.24) is 5.32 Å². The molecular weight excluding hydrogens is 390 g/mol.